The zero-order valence-electron chi connectivity index (χ0n) is 11.6. The first-order valence-corrected chi connectivity index (χ1v) is 8.31. The topological polar surface area (TPSA) is 87.2 Å². The van der Waals surface area contributed by atoms with Gasteiger partial charge in [0.05, 0.1) is 0 Å². The van der Waals surface area contributed by atoms with Crippen LogP contribution in [0.4, 0.5) is 5.95 Å². The lowest BCUT2D eigenvalue weighted by Gasteiger charge is -2.31. The molecule has 1 fully saturated rings. The third kappa shape index (κ3) is 4.12. The van der Waals surface area contributed by atoms with E-state index in [2.05, 4.69) is 26.9 Å². The van der Waals surface area contributed by atoms with Crippen LogP contribution in [0.15, 0.2) is 18.5 Å². The molecule has 2 heterocycles. The van der Waals surface area contributed by atoms with Crippen molar-refractivity contribution < 1.29 is 8.42 Å². The van der Waals surface area contributed by atoms with Crippen LogP contribution in [0.5, 0.6) is 0 Å². The highest BCUT2D eigenvalue weighted by molar-refractivity contribution is 7.90. The van der Waals surface area contributed by atoms with Gasteiger partial charge in [0.25, 0.3) is 0 Å². The summed E-state index contributed by atoms with van der Waals surface area (Å²) < 4.78 is 28.3. The average Bonchev–Trinajstić information content (AvgIpc) is 2.46. The Hall–Kier alpha value is -1.25. The smallest absolute Gasteiger partial charge is 0.303 e. The van der Waals surface area contributed by atoms with Gasteiger partial charge in [-0.25, -0.2) is 14.7 Å². The molecule has 0 unspecified atom stereocenters. The van der Waals surface area contributed by atoms with Gasteiger partial charge in [-0.3, -0.25) is 0 Å². The van der Waals surface area contributed by atoms with Crippen LogP contribution in [-0.4, -0.2) is 48.9 Å². The summed E-state index contributed by atoms with van der Waals surface area (Å²) in [6.07, 6.45) is 4.77. The van der Waals surface area contributed by atoms with Gasteiger partial charge in [-0.15, -0.1) is 0 Å². The Labute approximate surface area is 120 Å². The summed E-state index contributed by atoms with van der Waals surface area (Å²) in [5.41, 5.74) is 0. The summed E-state index contributed by atoms with van der Waals surface area (Å²) >= 11 is 0. The number of nitrogens with zero attached hydrogens (tertiary/aromatic N) is 3. The molecule has 0 aromatic carbocycles. The van der Waals surface area contributed by atoms with Crippen molar-refractivity contribution in [1.82, 2.24) is 19.6 Å². The Kier molecular flexibility index (Phi) is 5.27. The standard InChI is InChI=1S/C12H21N5O2S/c1-2-13-10-11-4-8-17(9-5-11)20(18,19)16-12-14-6-3-7-15-12/h3,6-7,11,13H,2,4-5,8-10H2,1H3,(H,14,15,16). The van der Waals surface area contributed by atoms with Crippen LogP contribution in [0.3, 0.4) is 0 Å². The van der Waals surface area contributed by atoms with E-state index < -0.39 is 10.2 Å². The number of anilines is 1. The first kappa shape index (κ1) is 15.1. The predicted molar refractivity (Wildman–Crippen MR) is 77.4 cm³/mol. The highest BCUT2D eigenvalue weighted by atomic mass is 32.2. The van der Waals surface area contributed by atoms with Gasteiger partial charge in [0, 0.05) is 25.5 Å². The van der Waals surface area contributed by atoms with Crippen molar-refractivity contribution >= 4 is 16.2 Å². The van der Waals surface area contributed by atoms with E-state index >= 15 is 0 Å². The third-order valence-corrected chi connectivity index (χ3v) is 4.87. The SMILES string of the molecule is CCNCC1CCN(S(=O)(=O)Nc2ncccn2)CC1. The van der Waals surface area contributed by atoms with Crippen LogP contribution >= 0.6 is 0 Å². The molecule has 2 rings (SSSR count). The minimum atomic E-state index is -3.54. The molecular weight excluding hydrogens is 278 g/mol. The molecule has 0 saturated carbocycles. The zero-order chi connectivity index (χ0) is 14.4. The molecule has 2 N–H and O–H groups in total. The van der Waals surface area contributed by atoms with Crippen LogP contribution in [0.2, 0.25) is 0 Å². The van der Waals surface area contributed by atoms with E-state index in [4.69, 9.17) is 0 Å². The van der Waals surface area contributed by atoms with Gasteiger partial charge in [0.2, 0.25) is 5.95 Å². The van der Waals surface area contributed by atoms with E-state index in [-0.39, 0.29) is 5.95 Å². The fraction of sp³-hybridized carbons (Fsp3) is 0.667. The van der Waals surface area contributed by atoms with Gasteiger partial charge in [-0.2, -0.15) is 12.7 Å². The monoisotopic (exact) mass is 299 g/mol. The molecule has 1 aromatic heterocycles. The van der Waals surface area contributed by atoms with Crippen molar-refractivity contribution in [1.29, 1.82) is 0 Å². The predicted octanol–water partition coefficient (Wildman–Crippen LogP) is 0.455. The lowest BCUT2D eigenvalue weighted by Crippen LogP contribution is -2.43. The molecule has 0 bridgehead atoms. The molecule has 1 aromatic rings. The van der Waals surface area contributed by atoms with Gasteiger partial charge < -0.3 is 5.32 Å². The Balaban J connectivity index is 1.89. The summed E-state index contributed by atoms with van der Waals surface area (Å²) in [7, 11) is -3.54. The molecule has 20 heavy (non-hydrogen) atoms. The zero-order valence-corrected chi connectivity index (χ0v) is 12.4. The van der Waals surface area contributed by atoms with Crippen LogP contribution in [0, 0.1) is 5.92 Å². The molecule has 0 aliphatic carbocycles. The Morgan fingerprint density at radius 1 is 1.30 bits per heavy atom. The lowest BCUT2D eigenvalue weighted by molar-refractivity contribution is 0.269. The molecular formula is C12H21N5O2S. The summed E-state index contributed by atoms with van der Waals surface area (Å²) in [5, 5.41) is 3.31. The number of piperidine rings is 1. The third-order valence-electron chi connectivity index (χ3n) is 3.38. The van der Waals surface area contributed by atoms with Gasteiger partial charge in [-0.05, 0) is 37.9 Å². The van der Waals surface area contributed by atoms with Crippen LogP contribution in [0.1, 0.15) is 19.8 Å². The molecule has 8 heteroatoms. The van der Waals surface area contributed by atoms with E-state index in [0.29, 0.717) is 19.0 Å². The molecule has 0 spiro atoms. The van der Waals surface area contributed by atoms with Crippen molar-refractivity contribution in [3.63, 3.8) is 0 Å². The van der Waals surface area contributed by atoms with Crippen molar-refractivity contribution in [3.05, 3.63) is 18.5 Å². The number of hydrogen-bond acceptors (Lipinski definition) is 5. The fourth-order valence-electron chi connectivity index (χ4n) is 2.23. The molecule has 0 atom stereocenters. The number of rotatable bonds is 6. The Morgan fingerprint density at radius 3 is 2.55 bits per heavy atom. The first-order valence-electron chi connectivity index (χ1n) is 6.87. The first-order chi connectivity index (χ1) is 9.62. The molecule has 7 nitrogen and oxygen atoms in total. The van der Waals surface area contributed by atoms with Crippen LogP contribution in [-0.2, 0) is 10.2 Å². The van der Waals surface area contributed by atoms with Crippen molar-refractivity contribution in [2.75, 3.05) is 30.9 Å². The number of hydrogen-bond donors (Lipinski definition) is 2. The molecule has 112 valence electrons. The molecule has 0 amide bonds. The van der Waals surface area contributed by atoms with Gasteiger partial charge in [0.15, 0.2) is 0 Å². The van der Waals surface area contributed by atoms with Crippen LogP contribution in [0.25, 0.3) is 0 Å². The largest absolute Gasteiger partial charge is 0.317 e. The maximum Gasteiger partial charge on any atom is 0.303 e. The average molecular weight is 299 g/mol. The second kappa shape index (κ2) is 6.96. The van der Waals surface area contributed by atoms with E-state index in [1.165, 1.54) is 16.7 Å². The highest BCUT2D eigenvalue weighted by Crippen LogP contribution is 2.19. The Bertz CT molecular complexity index is 500. The highest BCUT2D eigenvalue weighted by Gasteiger charge is 2.28. The summed E-state index contributed by atoms with van der Waals surface area (Å²) in [5.74, 6) is 0.664. The minimum absolute atomic E-state index is 0.113. The van der Waals surface area contributed by atoms with Crippen molar-refractivity contribution in [2.24, 2.45) is 5.92 Å². The van der Waals surface area contributed by atoms with E-state index in [0.717, 1.165) is 25.9 Å². The van der Waals surface area contributed by atoms with E-state index in [1.54, 1.807) is 6.07 Å². The number of aromatic nitrogens is 2. The summed E-state index contributed by atoms with van der Waals surface area (Å²) in [6, 6.07) is 1.64. The molecule has 1 aliphatic rings. The maximum atomic E-state index is 12.2. The van der Waals surface area contributed by atoms with Gasteiger partial charge in [-0.1, -0.05) is 6.92 Å². The fourth-order valence-corrected chi connectivity index (χ4v) is 3.39. The van der Waals surface area contributed by atoms with Crippen molar-refractivity contribution in [3.8, 4) is 0 Å². The summed E-state index contributed by atoms with van der Waals surface area (Å²) in [4.78, 5) is 7.75. The molecule has 1 aliphatic heterocycles. The van der Waals surface area contributed by atoms with Gasteiger partial charge >= 0.3 is 10.2 Å². The van der Waals surface area contributed by atoms with Crippen LogP contribution < -0.4 is 10.0 Å². The lowest BCUT2D eigenvalue weighted by atomic mass is 9.98. The van der Waals surface area contributed by atoms with E-state index in [9.17, 15) is 8.42 Å². The van der Waals surface area contributed by atoms with Gasteiger partial charge in [0.1, 0.15) is 0 Å². The number of nitrogens with one attached hydrogen (secondary N) is 2. The molecule has 0 radical (unpaired) electrons. The second-order valence-corrected chi connectivity index (χ2v) is 6.50. The Morgan fingerprint density at radius 2 is 1.95 bits per heavy atom. The maximum absolute atomic E-state index is 12.2. The molecule has 1 saturated heterocycles. The van der Waals surface area contributed by atoms with E-state index in [1.807, 2.05) is 0 Å². The van der Waals surface area contributed by atoms with Crippen molar-refractivity contribution in [2.45, 2.75) is 19.8 Å². The quantitative estimate of drug-likeness (QED) is 0.796. The normalized spacial score (nSPS) is 18.1. The second-order valence-electron chi connectivity index (χ2n) is 4.83. The minimum Gasteiger partial charge on any atom is -0.317 e. The summed E-state index contributed by atoms with van der Waals surface area (Å²) in [6.45, 7) is 5.06.